The summed E-state index contributed by atoms with van der Waals surface area (Å²) >= 11 is 0. The van der Waals surface area contributed by atoms with E-state index in [2.05, 4.69) is 6.92 Å². The van der Waals surface area contributed by atoms with Crippen LogP contribution < -0.4 is 4.74 Å². The lowest BCUT2D eigenvalue weighted by Crippen LogP contribution is -2.20. The van der Waals surface area contributed by atoms with Crippen LogP contribution in [-0.2, 0) is 0 Å². The average Bonchev–Trinajstić information content (AvgIpc) is 2.49. The minimum atomic E-state index is -1.82. The zero-order chi connectivity index (χ0) is 15.4. The van der Waals surface area contributed by atoms with Gasteiger partial charge in [-0.3, -0.25) is 0 Å². The molecule has 0 spiro atoms. The van der Waals surface area contributed by atoms with Crippen LogP contribution in [0.5, 0.6) is 5.75 Å². The molecule has 1 fully saturated rings. The Morgan fingerprint density at radius 2 is 1.57 bits per heavy atom. The molecule has 1 aliphatic carbocycles. The highest BCUT2D eigenvalue weighted by Crippen LogP contribution is 2.32. The third-order valence-corrected chi connectivity index (χ3v) is 4.21. The fraction of sp³-hybridized carbons (Fsp3) is 0.625. The minimum absolute atomic E-state index is 0.209. The van der Waals surface area contributed by atoms with Crippen molar-refractivity contribution in [2.75, 3.05) is 6.61 Å². The summed E-state index contributed by atoms with van der Waals surface area (Å²) in [5.41, 5.74) is 0. The van der Waals surface area contributed by atoms with Crippen LogP contribution in [0.3, 0.4) is 0 Å². The van der Waals surface area contributed by atoms with Crippen molar-refractivity contribution < 1.29 is 22.3 Å². The van der Waals surface area contributed by atoms with Crippen LogP contribution in [0, 0.1) is 35.1 Å². The summed E-state index contributed by atoms with van der Waals surface area (Å²) in [5.74, 6) is -6.08. The van der Waals surface area contributed by atoms with E-state index in [0.717, 1.165) is 31.6 Å². The Labute approximate surface area is 122 Å². The largest absolute Gasteiger partial charge is 0.490 e. The number of ether oxygens (including phenoxy) is 1. The first-order valence-corrected chi connectivity index (χ1v) is 7.48. The van der Waals surface area contributed by atoms with E-state index in [1.165, 1.54) is 12.8 Å². The Morgan fingerprint density at radius 1 is 0.952 bits per heavy atom. The zero-order valence-corrected chi connectivity index (χ0v) is 12.1. The molecule has 21 heavy (non-hydrogen) atoms. The number of hydrogen-bond acceptors (Lipinski definition) is 1. The first kappa shape index (κ1) is 16.1. The van der Waals surface area contributed by atoms with Crippen molar-refractivity contribution in [3.05, 3.63) is 29.3 Å². The Morgan fingerprint density at radius 3 is 2.19 bits per heavy atom. The summed E-state index contributed by atoms with van der Waals surface area (Å²) in [6.07, 6.45) is 6.55. The second kappa shape index (κ2) is 7.14. The topological polar surface area (TPSA) is 9.23 Å². The van der Waals surface area contributed by atoms with Crippen molar-refractivity contribution in [2.24, 2.45) is 11.8 Å². The molecule has 2 rings (SSSR count). The fourth-order valence-corrected chi connectivity index (χ4v) is 2.96. The lowest BCUT2D eigenvalue weighted by molar-refractivity contribution is 0.172. The Kier molecular flexibility index (Phi) is 5.48. The molecule has 0 amide bonds. The highest BCUT2D eigenvalue weighted by Gasteiger charge is 2.23. The molecular weight excluding hydrogens is 284 g/mol. The number of benzene rings is 1. The van der Waals surface area contributed by atoms with E-state index in [4.69, 9.17) is 4.74 Å². The summed E-state index contributed by atoms with van der Waals surface area (Å²) in [4.78, 5) is 0. The van der Waals surface area contributed by atoms with Crippen molar-refractivity contribution in [1.82, 2.24) is 0 Å². The average molecular weight is 304 g/mol. The smallest absolute Gasteiger partial charge is 0.203 e. The van der Waals surface area contributed by atoms with Gasteiger partial charge in [0.1, 0.15) is 0 Å². The maximum Gasteiger partial charge on any atom is 0.203 e. The second-order valence-electron chi connectivity index (χ2n) is 5.78. The van der Waals surface area contributed by atoms with Gasteiger partial charge in [-0.25, -0.2) is 13.2 Å². The lowest BCUT2D eigenvalue weighted by Gasteiger charge is -2.28. The van der Waals surface area contributed by atoms with Crippen molar-refractivity contribution in [1.29, 1.82) is 0 Å². The Balaban J connectivity index is 1.90. The summed E-state index contributed by atoms with van der Waals surface area (Å²) < 4.78 is 57.6. The SMILES string of the molecule is CCC[C@H]1CC[C@H](COc2cc(F)c(F)c(F)c2F)CC1. The standard InChI is InChI=1S/C16H20F4O/c1-2-3-10-4-6-11(7-5-10)9-21-13-8-12(17)14(18)16(20)15(13)19/h8,10-11H,2-7,9H2,1H3/t10-,11-. The normalized spacial score (nSPS) is 22.3. The van der Waals surface area contributed by atoms with E-state index in [1.807, 2.05) is 0 Å². The van der Waals surface area contributed by atoms with Crippen LogP contribution in [-0.4, -0.2) is 6.61 Å². The monoisotopic (exact) mass is 304 g/mol. The highest BCUT2D eigenvalue weighted by atomic mass is 19.2. The molecule has 0 aromatic heterocycles. The molecule has 1 nitrogen and oxygen atoms in total. The van der Waals surface area contributed by atoms with Gasteiger partial charge in [0.05, 0.1) is 6.61 Å². The van der Waals surface area contributed by atoms with E-state index in [0.29, 0.717) is 6.07 Å². The van der Waals surface area contributed by atoms with Crippen LogP contribution >= 0.6 is 0 Å². The minimum Gasteiger partial charge on any atom is -0.490 e. The molecule has 0 bridgehead atoms. The van der Waals surface area contributed by atoms with Gasteiger partial charge in [-0.2, -0.15) is 4.39 Å². The molecule has 1 aliphatic rings. The molecule has 1 aromatic rings. The quantitative estimate of drug-likeness (QED) is 0.411. The third-order valence-electron chi connectivity index (χ3n) is 4.21. The summed E-state index contributed by atoms with van der Waals surface area (Å²) in [6.45, 7) is 2.37. The maximum atomic E-state index is 13.5. The summed E-state index contributed by atoms with van der Waals surface area (Å²) in [5, 5.41) is 0. The molecular formula is C16H20F4O. The molecule has 1 aromatic carbocycles. The van der Waals surface area contributed by atoms with Crippen molar-refractivity contribution in [2.45, 2.75) is 45.4 Å². The molecule has 1 saturated carbocycles. The Hall–Kier alpha value is -1.26. The van der Waals surface area contributed by atoms with Gasteiger partial charge in [-0.1, -0.05) is 32.6 Å². The maximum absolute atomic E-state index is 13.5. The predicted molar refractivity (Wildman–Crippen MR) is 72.1 cm³/mol. The van der Waals surface area contributed by atoms with Gasteiger partial charge in [-0.15, -0.1) is 0 Å². The molecule has 0 heterocycles. The number of rotatable bonds is 5. The van der Waals surface area contributed by atoms with Crippen molar-refractivity contribution >= 4 is 0 Å². The van der Waals surface area contributed by atoms with E-state index >= 15 is 0 Å². The van der Waals surface area contributed by atoms with Crippen molar-refractivity contribution in [3.63, 3.8) is 0 Å². The van der Waals surface area contributed by atoms with Gasteiger partial charge in [-0.05, 0) is 24.7 Å². The van der Waals surface area contributed by atoms with E-state index in [9.17, 15) is 17.6 Å². The first-order valence-electron chi connectivity index (χ1n) is 7.48. The predicted octanol–water partition coefficient (Wildman–Crippen LogP) is 5.23. The summed E-state index contributed by atoms with van der Waals surface area (Å²) in [6, 6.07) is 0.566. The van der Waals surface area contributed by atoms with Gasteiger partial charge in [0.15, 0.2) is 17.4 Å². The van der Waals surface area contributed by atoms with Crippen LogP contribution in [0.2, 0.25) is 0 Å². The number of hydrogen-bond donors (Lipinski definition) is 0. The molecule has 0 unspecified atom stereocenters. The number of halogens is 4. The zero-order valence-electron chi connectivity index (χ0n) is 12.1. The molecule has 0 N–H and O–H groups in total. The van der Waals surface area contributed by atoms with Crippen LogP contribution in [0.15, 0.2) is 6.07 Å². The molecule has 0 radical (unpaired) electrons. The molecule has 118 valence electrons. The summed E-state index contributed by atoms with van der Waals surface area (Å²) in [7, 11) is 0. The molecule has 5 heteroatoms. The van der Waals surface area contributed by atoms with Gasteiger partial charge in [0, 0.05) is 6.07 Å². The fourth-order valence-electron chi connectivity index (χ4n) is 2.96. The highest BCUT2D eigenvalue weighted by molar-refractivity contribution is 5.27. The van der Waals surface area contributed by atoms with E-state index in [1.54, 1.807) is 0 Å². The van der Waals surface area contributed by atoms with Gasteiger partial charge in [0.2, 0.25) is 11.6 Å². The van der Waals surface area contributed by atoms with Gasteiger partial charge in [0.25, 0.3) is 0 Å². The lowest BCUT2D eigenvalue weighted by atomic mass is 9.80. The van der Waals surface area contributed by atoms with Gasteiger partial charge >= 0.3 is 0 Å². The van der Waals surface area contributed by atoms with Crippen LogP contribution in [0.4, 0.5) is 17.6 Å². The third kappa shape index (κ3) is 3.89. The van der Waals surface area contributed by atoms with E-state index < -0.39 is 29.0 Å². The molecule has 0 atom stereocenters. The molecule has 0 aliphatic heterocycles. The second-order valence-corrected chi connectivity index (χ2v) is 5.78. The van der Waals surface area contributed by atoms with Gasteiger partial charge < -0.3 is 4.74 Å². The van der Waals surface area contributed by atoms with Crippen LogP contribution in [0.25, 0.3) is 0 Å². The van der Waals surface area contributed by atoms with Crippen molar-refractivity contribution in [3.8, 4) is 5.75 Å². The first-order chi connectivity index (χ1) is 10.0. The van der Waals surface area contributed by atoms with E-state index in [-0.39, 0.29) is 12.5 Å². The molecule has 0 saturated heterocycles. The Bertz CT molecular complexity index is 482. The van der Waals surface area contributed by atoms with Crippen LogP contribution in [0.1, 0.15) is 45.4 Å².